The number of hydrogen-bond donors (Lipinski definition) is 1. The zero-order chi connectivity index (χ0) is 16.1. The van der Waals surface area contributed by atoms with Crippen molar-refractivity contribution in [3.63, 3.8) is 0 Å². The molecule has 0 saturated carbocycles. The van der Waals surface area contributed by atoms with Gasteiger partial charge in [-0.3, -0.25) is 4.79 Å². The van der Waals surface area contributed by atoms with E-state index in [2.05, 4.69) is 15.4 Å². The highest BCUT2D eigenvalue weighted by Gasteiger charge is 2.13. The van der Waals surface area contributed by atoms with Crippen LogP contribution in [0.1, 0.15) is 30.2 Å². The first-order valence-electron chi connectivity index (χ1n) is 6.59. The summed E-state index contributed by atoms with van der Waals surface area (Å²) in [7, 11) is 0. The van der Waals surface area contributed by atoms with Crippen molar-refractivity contribution in [2.75, 3.05) is 11.9 Å². The summed E-state index contributed by atoms with van der Waals surface area (Å²) in [5, 5.41) is 7.00. The van der Waals surface area contributed by atoms with Crippen LogP contribution in [-0.4, -0.2) is 33.2 Å². The van der Waals surface area contributed by atoms with Gasteiger partial charge in [0.05, 0.1) is 11.8 Å². The first-order valence-corrected chi connectivity index (χ1v) is 6.97. The second-order valence-corrected chi connectivity index (χ2v) is 5.14. The third kappa shape index (κ3) is 4.05. The molecule has 8 heteroatoms. The summed E-state index contributed by atoms with van der Waals surface area (Å²) >= 11 is 5.63. The van der Waals surface area contributed by atoms with E-state index in [1.807, 2.05) is 13.8 Å². The van der Waals surface area contributed by atoms with Gasteiger partial charge in [0.15, 0.2) is 6.61 Å². The molecule has 2 aromatic rings. The minimum absolute atomic E-state index is 0.105. The molecule has 2 heterocycles. The maximum atomic E-state index is 11.8. The number of ether oxygens (including phenoxy) is 1. The molecule has 0 unspecified atom stereocenters. The lowest BCUT2D eigenvalue weighted by atomic mass is 10.3. The fourth-order valence-corrected chi connectivity index (χ4v) is 1.83. The topological polar surface area (TPSA) is 86.1 Å². The van der Waals surface area contributed by atoms with Gasteiger partial charge in [-0.15, -0.1) is 0 Å². The molecule has 0 aliphatic heterocycles. The van der Waals surface area contributed by atoms with Crippen LogP contribution in [0.15, 0.2) is 30.6 Å². The summed E-state index contributed by atoms with van der Waals surface area (Å²) in [6.07, 6.45) is 2.87. The Labute approximate surface area is 132 Å². The summed E-state index contributed by atoms with van der Waals surface area (Å²) in [5.74, 6) is -0.543. The van der Waals surface area contributed by atoms with E-state index in [0.29, 0.717) is 5.82 Å². The number of hydrogen-bond acceptors (Lipinski definition) is 5. The molecular weight excluding hydrogens is 308 g/mol. The van der Waals surface area contributed by atoms with Crippen LogP contribution in [0.4, 0.5) is 5.82 Å². The highest BCUT2D eigenvalue weighted by atomic mass is 35.5. The van der Waals surface area contributed by atoms with Crippen molar-refractivity contribution in [1.29, 1.82) is 0 Å². The number of esters is 1. The van der Waals surface area contributed by atoms with Crippen molar-refractivity contribution in [2.45, 2.75) is 19.9 Å². The smallest absolute Gasteiger partial charge is 0.340 e. The SMILES string of the molecule is CC(C)n1nccc1NC(=O)COC(=O)c1ccc(Cl)nc1. The van der Waals surface area contributed by atoms with Crippen LogP contribution in [-0.2, 0) is 9.53 Å². The van der Waals surface area contributed by atoms with E-state index < -0.39 is 18.5 Å². The number of rotatable bonds is 5. The minimum Gasteiger partial charge on any atom is -0.452 e. The first kappa shape index (κ1) is 16.0. The van der Waals surface area contributed by atoms with Gasteiger partial charge < -0.3 is 10.1 Å². The lowest BCUT2D eigenvalue weighted by Crippen LogP contribution is -2.23. The molecule has 2 rings (SSSR count). The number of carbonyl (C=O) groups is 2. The first-order chi connectivity index (χ1) is 10.5. The van der Waals surface area contributed by atoms with E-state index >= 15 is 0 Å². The Morgan fingerprint density at radius 1 is 1.36 bits per heavy atom. The summed E-state index contributed by atoms with van der Waals surface area (Å²) < 4.78 is 6.57. The zero-order valence-corrected chi connectivity index (χ0v) is 12.9. The molecule has 0 spiro atoms. The van der Waals surface area contributed by atoms with Crippen molar-refractivity contribution in [3.05, 3.63) is 41.3 Å². The van der Waals surface area contributed by atoms with Gasteiger partial charge in [-0.05, 0) is 26.0 Å². The molecule has 0 aliphatic rings. The molecule has 0 radical (unpaired) electrons. The molecule has 2 aromatic heterocycles. The van der Waals surface area contributed by atoms with E-state index in [9.17, 15) is 9.59 Å². The van der Waals surface area contributed by atoms with Gasteiger partial charge in [0, 0.05) is 18.3 Å². The van der Waals surface area contributed by atoms with Crippen molar-refractivity contribution in [1.82, 2.24) is 14.8 Å². The van der Waals surface area contributed by atoms with Crippen molar-refractivity contribution < 1.29 is 14.3 Å². The lowest BCUT2D eigenvalue weighted by molar-refractivity contribution is -0.119. The van der Waals surface area contributed by atoms with Crippen LogP contribution in [0.3, 0.4) is 0 Å². The maximum Gasteiger partial charge on any atom is 0.340 e. The van der Waals surface area contributed by atoms with E-state index in [1.54, 1.807) is 16.9 Å². The molecule has 116 valence electrons. The molecule has 0 aliphatic carbocycles. The zero-order valence-electron chi connectivity index (χ0n) is 12.1. The summed E-state index contributed by atoms with van der Waals surface area (Å²) in [6.45, 7) is 3.48. The maximum absolute atomic E-state index is 11.8. The van der Waals surface area contributed by atoms with Crippen molar-refractivity contribution >= 4 is 29.3 Å². The molecular formula is C14H15ClN4O3. The van der Waals surface area contributed by atoms with Crippen LogP contribution in [0.5, 0.6) is 0 Å². The molecule has 0 bridgehead atoms. The molecule has 22 heavy (non-hydrogen) atoms. The number of nitrogens with one attached hydrogen (secondary N) is 1. The van der Waals surface area contributed by atoms with Gasteiger partial charge >= 0.3 is 5.97 Å². The fourth-order valence-electron chi connectivity index (χ4n) is 1.71. The fraction of sp³-hybridized carbons (Fsp3) is 0.286. The third-order valence-electron chi connectivity index (χ3n) is 2.72. The summed E-state index contributed by atoms with van der Waals surface area (Å²) in [5.41, 5.74) is 0.226. The van der Waals surface area contributed by atoms with Gasteiger partial charge in [-0.2, -0.15) is 5.10 Å². The average molecular weight is 323 g/mol. The monoisotopic (exact) mass is 322 g/mol. The molecule has 1 N–H and O–H groups in total. The lowest BCUT2D eigenvalue weighted by Gasteiger charge is -2.11. The standard InChI is InChI=1S/C14H15ClN4O3/c1-9(2)19-12(5-6-17-19)18-13(20)8-22-14(21)10-3-4-11(15)16-7-10/h3-7,9H,8H2,1-2H3,(H,18,20). The van der Waals surface area contributed by atoms with E-state index in [4.69, 9.17) is 16.3 Å². The number of halogens is 1. The van der Waals surface area contributed by atoms with Gasteiger partial charge in [-0.1, -0.05) is 11.6 Å². The number of aromatic nitrogens is 3. The van der Waals surface area contributed by atoms with E-state index in [-0.39, 0.29) is 16.8 Å². The Balaban J connectivity index is 1.88. The Morgan fingerprint density at radius 3 is 2.77 bits per heavy atom. The van der Waals surface area contributed by atoms with Gasteiger partial charge in [0.1, 0.15) is 11.0 Å². The van der Waals surface area contributed by atoms with Crippen molar-refractivity contribution in [3.8, 4) is 0 Å². The second kappa shape index (κ2) is 7.04. The number of pyridine rings is 1. The number of carbonyl (C=O) groups excluding carboxylic acids is 2. The molecule has 1 amide bonds. The van der Waals surface area contributed by atoms with Crippen molar-refractivity contribution in [2.24, 2.45) is 0 Å². The van der Waals surface area contributed by atoms with Gasteiger partial charge in [0.2, 0.25) is 0 Å². The summed E-state index contributed by atoms with van der Waals surface area (Å²) in [4.78, 5) is 27.3. The van der Waals surface area contributed by atoms with Crippen LogP contribution in [0.2, 0.25) is 5.15 Å². The minimum atomic E-state index is -0.642. The highest BCUT2D eigenvalue weighted by molar-refractivity contribution is 6.29. The normalized spacial score (nSPS) is 10.5. The van der Waals surface area contributed by atoms with Crippen LogP contribution < -0.4 is 5.32 Å². The van der Waals surface area contributed by atoms with E-state index in [0.717, 1.165) is 0 Å². The summed E-state index contributed by atoms with van der Waals surface area (Å²) in [6, 6.07) is 4.72. The van der Waals surface area contributed by atoms with E-state index in [1.165, 1.54) is 18.3 Å². The molecule has 0 atom stereocenters. The number of amides is 1. The predicted molar refractivity (Wildman–Crippen MR) is 80.8 cm³/mol. The highest BCUT2D eigenvalue weighted by Crippen LogP contribution is 2.13. The van der Waals surface area contributed by atoms with Crippen LogP contribution >= 0.6 is 11.6 Å². The predicted octanol–water partition coefficient (Wildman–Crippen LogP) is 2.31. The van der Waals surface area contributed by atoms with Crippen LogP contribution in [0, 0.1) is 0 Å². The Bertz CT molecular complexity index is 667. The Hall–Kier alpha value is -2.41. The largest absolute Gasteiger partial charge is 0.452 e. The number of anilines is 1. The van der Waals surface area contributed by atoms with Crippen LogP contribution in [0.25, 0.3) is 0 Å². The van der Waals surface area contributed by atoms with Gasteiger partial charge in [0.25, 0.3) is 5.91 Å². The third-order valence-corrected chi connectivity index (χ3v) is 2.95. The average Bonchev–Trinajstić information content (AvgIpc) is 2.94. The Morgan fingerprint density at radius 2 is 2.14 bits per heavy atom. The van der Waals surface area contributed by atoms with Gasteiger partial charge in [-0.25, -0.2) is 14.5 Å². The molecule has 0 saturated heterocycles. The molecule has 7 nitrogen and oxygen atoms in total. The quantitative estimate of drug-likeness (QED) is 0.674. The molecule has 0 fully saturated rings. The Kier molecular flexibility index (Phi) is 5.11. The number of nitrogens with zero attached hydrogens (tertiary/aromatic N) is 3. The second-order valence-electron chi connectivity index (χ2n) is 4.75. The molecule has 0 aromatic carbocycles.